The van der Waals surface area contributed by atoms with Gasteiger partial charge in [0.15, 0.2) is 0 Å². The first-order valence-electron chi connectivity index (χ1n) is 7.04. The summed E-state index contributed by atoms with van der Waals surface area (Å²) < 4.78 is 9.94. The van der Waals surface area contributed by atoms with Crippen molar-refractivity contribution in [2.45, 2.75) is 32.7 Å². The van der Waals surface area contributed by atoms with Crippen molar-refractivity contribution in [2.24, 2.45) is 17.8 Å². The maximum Gasteiger partial charge on any atom is 0.332 e. The Morgan fingerprint density at radius 3 is 2.38 bits per heavy atom. The molecular weight excluding hydrogens is 278 g/mol. The predicted octanol–water partition coefficient (Wildman–Crippen LogP) is -0.177. The normalized spacial score (nSPS) is 33.1. The van der Waals surface area contributed by atoms with Crippen molar-refractivity contribution in [3.05, 3.63) is 0 Å². The number of hydrogen-bond acceptors (Lipinski definition) is 6. The van der Waals surface area contributed by atoms with Crippen LogP contribution in [0.25, 0.3) is 0 Å². The molecule has 0 aliphatic heterocycles. The third-order valence-electron chi connectivity index (χ3n) is 4.01. The highest BCUT2D eigenvalue weighted by Gasteiger charge is 2.76. The van der Waals surface area contributed by atoms with Crippen molar-refractivity contribution in [3.63, 3.8) is 0 Å². The number of Topliss-reactive ketones (excluding diaryl/α,β-unsaturated/α-hetero) is 1. The number of carbonyl (C=O) groups excluding carboxylic acids is 4. The van der Waals surface area contributed by atoms with Crippen LogP contribution >= 0.6 is 0 Å². The number of ketones is 1. The standard InChI is InChI=1S/C14H19NO6/c1-4-20-12(18)10-9-8(17)6-14(11(9)10,15-7(3)16)13(19)21-5-2/h9-11H,4-6H2,1-3H3,(H,15,16). The molecule has 0 aromatic heterocycles. The summed E-state index contributed by atoms with van der Waals surface area (Å²) in [5.41, 5.74) is -1.43. The molecule has 2 rings (SSSR count). The molecule has 0 saturated heterocycles. The molecule has 0 aromatic rings. The first-order chi connectivity index (χ1) is 9.89. The Balaban J connectivity index is 2.29. The number of hydrogen-bond donors (Lipinski definition) is 1. The second-order valence-electron chi connectivity index (χ2n) is 5.35. The lowest BCUT2D eigenvalue weighted by atomic mass is 9.89. The Kier molecular flexibility index (Phi) is 4.02. The second kappa shape index (κ2) is 5.46. The summed E-state index contributed by atoms with van der Waals surface area (Å²) in [5, 5.41) is 2.55. The number of amides is 1. The summed E-state index contributed by atoms with van der Waals surface area (Å²) in [5.74, 6) is -3.59. The van der Waals surface area contributed by atoms with Gasteiger partial charge in [-0.1, -0.05) is 0 Å². The zero-order valence-corrected chi connectivity index (χ0v) is 12.3. The van der Waals surface area contributed by atoms with Crippen LogP contribution in [0.2, 0.25) is 0 Å². The van der Waals surface area contributed by atoms with Crippen molar-refractivity contribution in [3.8, 4) is 0 Å². The number of rotatable bonds is 5. The molecule has 0 heterocycles. The maximum absolute atomic E-state index is 12.3. The highest BCUT2D eigenvalue weighted by molar-refractivity contribution is 6.05. The second-order valence-corrected chi connectivity index (χ2v) is 5.35. The lowest BCUT2D eigenvalue weighted by molar-refractivity contribution is -0.156. The van der Waals surface area contributed by atoms with Gasteiger partial charge in [-0.05, 0) is 13.8 Å². The van der Waals surface area contributed by atoms with Crippen molar-refractivity contribution in [2.75, 3.05) is 13.2 Å². The molecule has 0 aromatic carbocycles. The summed E-state index contributed by atoms with van der Waals surface area (Å²) in [7, 11) is 0. The van der Waals surface area contributed by atoms with E-state index in [0.717, 1.165) is 0 Å². The van der Waals surface area contributed by atoms with Gasteiger partial charge < -0.3 is 14.8 Å². The molecule has 7 heteroatoms. The average Bonchev–Trinajstić information content (AvgIpc) is 3.07. The fourth-order valence-electron chi connectivity index (χ4n) is 3.33. The summed E-state index contributed by atoms with van der Waals surface area (Å²) in [6.45, 7) is 4.92. The summed E-state index contributed by atoms with van der Waals surface area (Å²) in [4.78, 5) is 47.7. The van der Waals surface area contributed by atoms with Gasteiger partial charge in [-0.2, -0.15) is 0 Å². The molecule has 0 radical (unpaired) electrons. The minimum atomic E-state index is -1.43. The van der Waals surface area contributed by atoms with E-state index in [1.54, 1.807) is 13.8 Å². The fraction of sp³-hybridized carbons (Fsp3) is 0.714. The fourth-order valence-corrected chi connectivity index (χ4v) is 3.33. The van der Waals surface area contributed by atoms with E-state index in [0.29, 0.717) is 0 Å². The van der Waals surface area contributed by atoms with Crippen LogP contribution in [-0.4, -0.2) is 42.4 Å². The van der Waals surface area contributed by atoms with E-state index >= 15 is 0 Å². The Morgan fingerprint density at radius 1 is 1.24 bits per heavy atom. The van der Waals surface area contributed by atoms with Crippen LogP contribution in [0.1, 0.15) is 27.2 Å². The highest BCUT2D eigenvalue weighted by Crippen LogP contribution is 2.61. The van der Waals surface area contributed by atoms with E-state index in [1.165, 1.54) is 6.92 Å². The van der Waals surface area contributed by atoms with Gasteiger partial charge in [0, 0.05) is 25.2 Å². The van der Waals surface area contributed by atoms with Gasteiger partial charge in [0.05, 0.1) is 19.1 Å². The van der Waals surface area contributed by atoms with Crippen molar-refractivity contribution in [1.29, 1.82) is 0 Å². The third kappa shape index (κ3) is 2.41. The monoisotopic (exact) mass is 297 g/mol. The van der Waals surface area contributed by atoms with E-state index < -0.39 is 41.1 Å². The van der Waals surface area contributed by atoms with E-state index in [1.807, 2.05) is 0 Å². The molecular formula is C14H19NO6. The van der Waals surface area contributed by atoms with Crippen LogP contribution in [0.5, 0.6) is 0 Å². The largest absolute Gasteiger partial charge is 0.466 e. The smallest absolute Gasteiger partial charge is 0.332 e. The third-order valence-corrected chi connectivity index (χ3v) is 4.01. The minimum absolute atomic E-state index is 0.128. The van der Waals surface area contributed by atoms with E-state index in [2.05, 4.69) is 5.32 Å². The molecule has 4 unspecified atom stereocenters. The SMILES string of the molecule is CCOC(=O)C1C2C(=O)CC(NC(C)=O)(C(=O)OCC)C21. The first-order valence-corrected chi connectivity index (χ1v) is 7.04. The van der Waals surface area contributed by atoms with Gasteiger partial charge in [-0.15, -0.1) is 0 Å². The number of ether oxygens (including phenoxy) is 2. The molecule has 7 nitrogen and oxygen atoms in total. The predicted molar refractivity (Wildman–Crippen MR) is 69.9 cm³/mol. The average molecular weight is 297 g/mol. The topological polar surface area (TPSA) is 98.8 Å². The van der Waals surface area contributed by atoms with Gasteiger partial charge in [-0.25, -0.2) is 4.79 Å². The van der Waals surface area contributed by atoms with Crippen molar-refractivity contribution >= 4 is 23.6 Å². The lowest BCUT2D eigenvalue weighted by Crippen LogP contribution is -2.56. The molecule has 0 bridgehead atoms. The number of fused-ring (bicyclic) bond motifs is 1. The zero-order chi connectivity index (χ0) is 15.8. The van der Waals surface area contributed by atoms with Gasteiger partial charge in [0.2, 0.25) is 5.91 Å². The van der Waals surface area contributed by atoms with Crippen LogP contribution in [-0.2, 0) is 28.7 Å². The molecule has 0 spiro atoms. The maximum atomic E-state index is 12.3. The summed E-state index contributed by atoms with van der Waals surface area (Å²) >= 11 is 0. The van der Waals surface area contributed by atoms with Crippen LogP contribution < -0.4 is 5.32 Å². The molecule has 2 fully saturated rings. The van der Waals surface area contributed by atoms with Crippen LogP contribution in [0.3, 0.4) is 0 Å². The van der Waals surface area contributed by atoms with E-state index in [9.17, 15) is 19.2 Å². The lowest BCUT2D eigenvalue weighted by Gasteiger charge is -2.29. The van der Waals surface area contributed by atoms with Crippen LogP contribution in [0.4, 0.5) is 0 Å². The minimum Gasteiger partial charge on any atom is -0.466 e. The van der Waals surface area contributed by atoms with E-state index in [4.69, 9.17) is 9.47 Å². The van der Waals surface area contributed by atoms with Gasteiger partial charge in [0.25, 0.3) is 0 Å². The number of nitrogens with one attached hydrogen (secondary N) is 1. The zero-order valence-electron chi connectivity index (χ0n) is 12.3. The molecule has 4 atom stereocenters. The van der Waals surface area contributed by atoms with Gasteiger partial charge in [-0.3, -0.25) is 14.4 Å². The molecule has 21 heavy (non-hydrogen) atoms. The van der Waals surface area contributed by atoms with Crippen molar-refractivity contribution < 1.29 is 28.7 Å². The van der Waals surface area contributed by atoms with Crippen LogP contribution in [0.15, 0.2) is 0 Å². The summed E-state index contributed by atoms with van der Waals surface area (Å²) in [6, 6.07) is 0. The molecule has 1 N–H and O–H groups in total. The highest BCUT2D eigenvalue weighted by atomic mass is 16.5. The molecule has 2 saturated carbocycles. The Hall–Kier alpha value is -1.92. The quantitative estimate of drug-likeness (QED) is 0.707. The van der Waals surface area contributed by atoms with E-state index in [-0.39, 0.29) is 25.4 Å². The van der Waals surface area contributed by atoms with Gasteiger partial charge >= 0.3 is 11.9 Å². The van der Waals surface area contributed by atoms with Crippen LogP contribution in [0, 0.1) is 17.8 Å². The summed E-state index contributed by atoms with van der Waals surface area (Å²) in [6.07, 6.45) is -0.128. The Morgan fingerprint density at radius 2 is 1.86 bits per heavy atom. The first kappa shape index (κ1) is 15.5. The molecule has 116 valence electrons. The molecule has 1 amide bonds. The molecule has 2 aliphatic carbocycles. The number of esters is 2. The Labute approximate surface area is 122 Å². The Bertz CT molecular complexity index is 502. The van der Waals surface area contributed by atoms with Gasteiger partial charge in [0.1, 0.15) is 11.3 Å². The number of carbonyl (C=O) groups is 4. The molecule has 2 aliphatic rings. The van der Waals surface area contributed by atoms with Crippen molar-refractivity contribution in [1.82, 2.24) is 5.32 Å².